The van der Waals surface area contributed by atoms with Gasteiger partial charge in [0.2, 0.25) is 5.91 Å². The number of hydrogen-bond acceptors (Lipinski definition) is 4. The topological polar surface area (TPSA) is 36.0 Å². The van der Waals surface area contributed by atoms with Crippen molar-refractivity contribution < 1.29 is 9.53 Å². The van der Waals surface area contributed by atoms with Gasteiger partial charge in [-0.25, -0.2) is 0 Å². The Hall–Kier alpha value is -3.31. The number of amides is 1. The number of carbonyl (C=O) groups is 1. The molecule has 0 unspecified atom stereocenters. The van der Waals surface area contributed by atoms with Gasteiger partial charge in [-0.05, 0) is 43.3 Å². The lowest BCUT2D eigenvalue weighted by Crippen LogP contribution is -2.49. The van der Waals surface area contributed by atoms with E-state index in [1.807, 2.05) is 90.7 Å². The minimum absolute atomic E-state index is 0.0839. The van der Waals surface area contributed by atoms with Crippen molar-refractivity contribution in [2.75, 3.05) is 49.1 Å². The van der Waals surface area contributed by atoms with Crippen LogP contribution in [-0.4, -0.2) is 50.1 Å². The lowest BCUT2D eigenvalue weighted by Gasteiger charge is -2.37. The molecule has 1 saturated heterocycles. The summed E-state index contributed by atoms with van der Waals surface area (Å²) >= 11 is 0. The molecule has 1 fully saturated rings. The van der Waals surface area contributed by atoms with Gasteiger partial charge in [-0.1, -0.05) is 48.5 Å². The van der Waals surface area contributed by atoms with Gasteiger partial charge in [0.25, 0.3) is 0 Å². The third-order valence-electron chi connectivity index (χ3n) is 5.52. The van der Waals surface area contributed by atoms with Crippen LogP contribution in [0.5, 0.6) is 5.75 Å². The fourth-order valence-electron chi connectivity index (χ4n) is 4.00. The van der Waals surface area contributed by atoms with Crippen LogP contribution >= 0.6 is 0 Å². The summed E-state index contributed by atoms with van der Waals surface area (Å²) < 4.78 is 5.80. The second-order valence-corrected chi connectivity index (χ2v) is 7.56. The van der Waals surface area contributed by atoms with Crippen LogP contribution in [0.2, 0.25) is 0 Å². The van der Waals surface area contributed by atoms with Crippen molar-refractivity contribution in [1.82, 2.24) is 4.90 Å². The first-order valence-corrected chi connectivity index (χ1v) is 10.9. The molecular weight excluding hydrogens is 386 g/mol. The predicted molar refractivity (Wildman–Crippen MR) is 126 cm³/mol. The Labute approximate surface area is 184 Å². The first kappa shape index (κ1) is 20.9. The molecule has 1 amide bonds. The van der Waals surface area contributed by atoms with Crippen LogP contribution in [-0.2, 0) is 4.79 Å². The summed E-state index contributed by atoms with van der Waals surface area (Å²) in [5.74, 6) is 1.01. The Morgan fingerprint density at radius 2 is 1.35 bits per heavy atom. The van der Waals surface area contributed by atoms with E-state index in [-0.39, 0.29) is 5.91 Å². The van der Waals surface area contributed by atoms with Crippen LogP contribution in [0.1, 0.15) is 6.92 Å². The highest BCUT2D eigenvalue weighted by molar-refractivity contribution is 6.01. The zero-order valence-corrected chi connectivity index (χ0v) is 18.0. The molecule has 160 valence electrons. The van der Waals surface area contributed by atoms with Crippen LogP contribution < -0.4 is 14.5 Å². The quantitative estimate of drug-likeness (QED) is 0.566. The van der Waals surface area contributed by atoms with Gasteiger partial charge >= 0.3 is 0 Å². The molecule has 0 radical (unpaired) electrons. The molecule has 5 nitrogen and oxygen atoms in total. The molecule has 0 bridgehead atoms. The Balaban J connectivity index is 1.43. The number of ether oxygens (including phenoxy) is 1. The van der Waals surface area contributed by atoms with Crippen molar-refractivity contribution in [3.8, 4) is 5.75 Å². The van der Waals surface area contributed by atoms with Gasteiger partial charge in [0.15, 0.2) is 0 Å². The SMILES string of the molecule is CCOc1ccccc1N1CCN(CC(=O)N(c2ccccc2)c2ccccc2)CC1. The number of benzene rings is 3. The lowest BCUT2D eigenvalue weighted by atomic mass is 10.2. The summed E-state index contributed by atoms with van der Waals surface area (Å²) in [5.41, 5.74) is 2.91. The molecule has 1 aliphatic rings. The molecule has 0 atom stereocenters. The molecule has 0 N–H and O–H groups in total. The Morgan fingerprint density at radius 3 is 1.94 bits per heavy atom. The maximum absolute atomic E-state index is 13.4. The van der Waals surface area contributed by atoms with Gasteiger partial charge < -0.3 is 9.64 Å². The normalized spacial score (nSPS) is 14.3. The maximum Gasteiger partial charge on any atom is 0.245 e. The number of anilines is 3. The molecule has 1 heterocycles. The highest BCUT2D eigenvalue weighted by atomic mass is 16.5. The van der Waals surface area contributed by atoms with E-state index in [1.165, 1.54) is 0 Å². The summed E-state index contributed by atoms with van der Waals surface area (Å²) in [7, 11) is 0. The Bertz CT molecular complexity index is 931. The molecule has 0 saturated carbocycles. The molecular formula is C26H29N3O2. The fourth-order valence-corrected chi connectivity index (χ4v) is 4.00. The van der Waals surface area contributed by atoms with E-state index < -0.39 is 0 Å². The standard InChI is InChI=1S/C26H29N3O2/c1-2-31-25-16-10-9-15-24(25)28-19-17-27(18-20-28)21-26(30)29(22-11-5-3-6-12-22)23-13-7-4-8-14-23/h3-16H,2,17-21H2,1H3. The van der Waals surface area contributed by atoms with Gasteiger partial charge in [0.05, 0.1) is 18.8 Å². The van der Waals surface area contributed by atoms with Crippen molar-refractivity contribution in [2.24, 2.45) is 0 Å². The number of nitrogens with zero attached hydrogens (tertiary/aromatic N) is 3. The fraction of sp³-hybridized carbons (Fsp3) is 0.269. The van der Waals surface area contributed by atoms with Crippen molar-refractivity contribution in [2.45, 2.75) is 6.92 Å². The van der Waals surface area contributed by atoms with Gasteiger partial charge in [-0.3, -0.25) is 14.6 Å². The molecule has 0 spiro atoms. The summed E-state index contributed by atoms with van der Waals surface area (Å²) in [6.45, 7) is 6.46. The van der Waals surface area contributed by atoms with Crippen LogP contribution in [0.15, 0.2) is 84.9 Å². The second kappa shape index (κ2) is 10.1. The van der Waals surface area contributed by atoms with E-state index >= 15 is 0 Å². The van der Waals surface area contributed by atoms with E-state index in [4.69, 9.17) is 4.74 Å². The van der Waals surface area contributed by atoms with Gasteiger partial charge in [0.1, 0.15) is 5.75 Å². The van der Waals surface area contributed by atoms with E-state index in [2.05, 4.69) is 15.9 Å². The highest BCUT2D eigenvalue weighted by Crippen LogP contribution is 2.29. The molecule has 31 heavy (non-hydrogen) atoms. The average molecular weight is 416 g/mol. The number of piperazine rings is 1. The van der Waals surface area contributed by atoms with E-state index in [0.717, 1.165) is 49.0 Å². The van der Waals surface area contributed by atoms with Gasteiger partial charge in [-0.2, -0.15) is 0 Å². The molecule has 0 aromatic heterocycles. The van der Waals surface area contributed by atoms with Crippen LogP contribution in [0.3, 0.4) is 0 Å². The van der Waals surface area contributed by atoms with E-state index in [9.17, 15) is 4.79 Å². The molecule has 3 aromatic rings. The first-order chi connectivity index (χ1) is 15.3. The van der Waals surface area contributed by atoms with Gasteiger partial charge in [0, 0.05) is 37.6 Å². The van der Waals surface area contributed by atoms with Crippen LogP contribution in [0.4, 0.5) is 17.1 Å². The smallest absolute Gasteiger partial charge is 0.245 e. The minimum Gasteiger partial charge on any atom is -0.492 e. The van der Waals surface area contributed by atoms with Crippen molar-refractivity contribution >= 4 is 23.0 Å². The largest absolute Gasteiger partial charge is 0.492 e. The summed E-state index contributed by atoms with van der Waals surface area (Å²) in [5, 5.41) is 0. The second-order valence-electron chi connectivity index (χ2n) is 7.56. The Kier molecular flexibility index (Phi) is 6.85. The third kappa shape index (κ3) is 5.06. The predicted octanol–water partition coefficient (Wildman–Crippen LogP) is 4.57. The average Bonchev–Trinajstić information content (AvgIpc) is 2.82. The zero-order valence-electron chi connectivity index (χ0n) is 18.0. The summed E-state index contributed by atoms with van der Waals surface area (Å²) in [4.78, 5) is 19.8. The minimum atomic E-state index is 0.0839. The van der Waals surface area contributed by atoms with Crippen LogP contribution in [0, 0.1) is 0 Å². The molecule has 4 rings (SSSR count). The van der Waals surface area contributed by atoms with Crippen molar-refractivity contribution in [3.05, 3.63) is 84.9 Å². The van der Waals surface area contributed by atoms with Crippen molar-refractivity contribution in [3.63, 3.8) is 0 Å². The van der Waals surface area contributed by atoms with Crippen molar-refractivity contribution in [1.29, 1.82) is 0 Å². The number of hydrogen-bond donors (Lipinski definition) is 0. The third-order valence-corrected chi connectivity index (χ3v) is 5.52. The van der Waals surface area contributed by atoms with E-state index in [1.54, 1.807) is 0 Å². The number of rotatable bonds is 7. The van der Waals surface area contributed by atoms with Crippen LogP contribution in [0.25, 0.3) is 0 Å². The number of para-hydroxylation sites is 4. The number of carbonyl (C=O) groups excluding carboxylic acids is 1. The monoisotopic (exact) mass is 415 g/mol. The first-order valence-electron chi connectivity index (χ1n) is 10.9. The summed E-state index contributed by atoms with van der Waals surface area (Å²) in [6.07, 6.45) is 0. The molecule has 3 aromatic carbocycles. The molecule has 0 aliphatic carbocycles. The van der Waals surface area contributed by atoms with E-state index in [0.29, 0.717) is 13.2 Å². The Morgan fingerprint density at radius 1 is 0.806 bits per heavy atom. The summed E-state index contributed by atoms with van der Waals surface area (Å²) in [6, 6.07) is 27.9. The lowest BCUT2D eigenvalue weighted by molar-refractivity contribution is -0.119. The molecule has 5 heteroatoms. The maximum atomic E-state index is 13.4. The van der Waals surface area contributed by atoms with Gasteiger partial charge in [-0.15, -0.1) is 0 Å². The zero-order chi connectivity index (χ0) is 21.5. The highest BCUT2D eigenvalue weighted by Gasteiger charge is 2.24. The molecule has 1 aliphatic heterocycles.